The maximum atomic E-state index is 12.3. The molecule has 1 unspecified atom stereocenters. The molecule has 28 heavy (non-hydrogen) atoms. The van der Waals surface area contributed by atoms with Crippen LogP contribution in [0.4, 0.5) is 0 Å². The standard InChI is InChI=1S/C23H27NO4/c1-22(2)12-18-8-5-9-19(21(18)28-22)27-14-20(25)24-15-23(26)11-10-16-6-3-4-7-17(16)13-23/h3-9,26H,10-15H2,1-2H3,(H,24,25). The number of hydrogen-bond acceptors (Lipinski definition) is 4. The van der Waals surface area contributed by atoms with Crippen molar-refractivity contribution in [1.82, 2.24) is 5.32 Å². The first kappa shape index (κ1) is 18.8. The Morgan fingerprint density at radius 1 is 1.11 bits per heavy atom. The molecular weight excluding hydrogens is 354 g/mol. The van der Waals surface area contributed by atoms with Crippen molar-refractivity contribution in [3.8, 4) is 11.5 Å². The molecule has 0 spiro atoms. The minimum atomic E-state index is -0.912. The van der Waals surface area contributed by atoms with Crippen molar-refractivity contribution >= 4 is 5.91 Å². The summed E-state index contributed by atoms with van der Waals surface area (Å²) in [5.74, 6) is 1.06. The van der Waals surface area contributed by atoms with Crippen LogP contribution in [0.1, 0.15) is 37.0 Å². The van der Waals surface area contributed by atoms with Crippen LogP contribution in [0.5, 0.6) is 11.5 Å². The molecule has 1 amide bonds. The Balaban J connectivity index is 1.31. The highest BCUT2D eigenvalue weighted by molar-refractivity contribution is 5.77. The summed E-state index contributed by atoms with van der Waals surface area (Å²) in [6.45, 7) is 4.19. The van der Waals surface area contributed by atoms with Gasteiger partial charge >= 0.3 is 0 Å². The van der Waals surface area contributed by atoms with Gasteiger partial charge in [-0.2, -0.15) is 0 Å². The highest BCUT2D eigenvalue weighted by Crippen LogP contribution is 2.41. The number of rotatable bonds is 5. The number of hydrogen-bond donors (Lipinski definition) is 2. The van der Waals surface area contributed by atoms with E-state index in [0.717, 1.165) is 29.7 Å². The molecule has 2 aliphatic rings. The smallest absolute Gasteiger partial charge is 0.258 e. The predicted octanol–water partition coefficient (Wildman–Crippen LogP) is 2.82. The summed E-state index contributed by atoms with van der Waals surface area (Å²) < 4.78 is 11.7. The van der Waals surface area contributed by atoms with Gasteiger partial charge in [0, 0.05) is 24.9 Å². The molecule has 1 heterocycles. The fraction of sp³-hybridized carbons (Fsp3) is 0.435. The van der Waals surface area contributed by atoms with E-state index < -0.39 is 5.60 Å². The molecular formula is C23H27NO4. The highest BCUT2D eigenvalue weighted by atomic mass is 16.5. The van der Waals surface area contributed by atoms with Crippen LogP contribution in [0.15, 0.2) is 42.5 Å². The Hall–Kier alpha value is -2.53. The zero-order valence-electron chi connectivity index (χ0n) is 16.5. The van der Waals surface area contributed by atoms with Crippen LogP contribution in [0.2, 0.25) is 0 Å². The molecule has 1 atom stereocenters. The fourth-order valence-corrected chi connectivity index (χ4v) is 4.09. The maximum Gasteiger partial charge on any atom is 0.258 e. The normalized spacial score (nSPS) is 22.0. The molecule has 5 nitrogen and oxygen atoms in total. The molecule has 2 N–H and O–H groups in total. The molecule has 0 radical (unpaired) electrons. The molecule has 0 fully saturated rings. The van der Waals surface area contributed by atoms with Gasteiger partial charge in [-0.3, -0.25) is 4.79 Å². The van der Waals surface area contributed by atoms with Gasteiger partial charge in [-0.15, -0.1) is 0 Å². The van der Waals surface area contributed by atoms with E-state index in [-0.39, 0.29) is 24.7 Å². The number of para-hydroxylation sites is 1. The van der Waals surface area contributed by atoms with Gasteiger partial charge in [0.25, 0.3) is 5.91 Å². The van der Waals surface area contributed by atoms with E-state index in [1.54, 1.807) is 0 Å². The zero-order valence-corrected chi connectivity index (χ0v) is 16.5. The number of aryl methyl sites for hydroxylation is 1. The van der Waals surface area contributed by atoms with Crippen LogP contribution in [0.3, 0.4) is 0 Å². The quantitative estimate of drug-likeness (QED) is 0.836. The number of carbonyl (C=O) groups excluding carboxylic acids is 1. The summed E-state index contributed by atoms with van der Waals surface area (Å²) in [4.78, 5) is 12.3. The lowest BCUT2D eigenvalue weighted by Crippen LogP contribution is -2.47. The van der Waals surface area contributed by atoms with E-state index in [4.69, 9.17) is 9.47 Å². The van der Waals surface area contributed by atoms with Crippen molar-refractivity contribution in [2.24, 2.45) is 0 Å². The topological polar surface area (TPSA) is 67.8 Å². The van der Waals surface area contributed by atoms with Crippen molar-refractivity contribution in [3.05, 3.63) is 59.2 Å². The largest absolute Gasteiger partial charge is 0.483 e. The third-order valence-corrected chi connectivity index (χ3v) is 5.53. The third kappa shape index (κ3) is 3.99. The van der Waals surface area contributed by atoms with Crippen LogP contribution >= 0.6 is 0 Å². The summed E-state index contributed by atoms with van der Waals surface area (Å²) in [6, 6.07) is 13.9. The minimum absolute atomic E-state index is 0.104. The number of fused-ring (bicyclic) bond motifs is 2. The Morgan fingerprint density at radius 3 is 2.68 bits per heavy atom. The monoisotopic (exact) mass is 381 g/mol. The van der Waals surface area contributed by atoms with Gasteiger partial charge in [0.1, 0.15) is 5.60 Å². The van der Waals surface area contributed by atoms with Gasteiger partial charge in [0.15, 0.2) is 18.1 Å². The predicted molar refractivity (Wildman–Crippen MR) is 107 cm³/mol. The summed E-state index contributed by atoms with van der Waals surface area (Å²) in [5, 5.41) is 13.7. The second-order valence-corrected chi connectivity index (χ2v) is 8.52. The average molecular weight is 381 g/mol. The van der Waals surface area contributed by atoms with Crippen LogP contribution < -0.4 is 14.8 Å². The molecule has 0 saturated heterocycles. The number of ether oxygens (including phenoxy) is 2. The highest BCUT2D eigenvalue weighted by Gasteiger charge is 2.33. The number of amides is 1. The van der Waals surface area contributed by atoms with Crippen molar-refractivity contribution in [3.63, 3.8) is 0 Å². The molecule has 1 aliphatic carbocycles. The molecule has 0 bridgehead atoms. The molecule has 2 aromatic carbocycles. The Bertz CT molecular complexity index is 892. The molecule has 5 heteroatoms. The Morgan fingerprint density at radius 2 is 1.86 bits per heavy atom. The molecule has 4 rings (SSSR count). The van der Waals surface area contributed by atoms with Gasteiger partial charge < -0.3 is 19.9 Å². The van der Waals surface area contributed by atoms with Crippen molar-refractivity contribution in [2.45, 2.75) is 50.7 Å². The maximum absolute atomic E-state index is 12.3. The third-order valence-electron chi connectivity index (χ3n) is 5.53. The molecule has 1 aliphatic heterocycles. The Kier molecular flexibility index (Phi) is 4.79. The van der Waals surface area contributed by atoms with Gasteiger partial charge in [0.05, 0.1) is 5.60 Å². The van der Waals surface area contributed by atoms with Crippen LogP contribution in [-0.2, 0) is 24.1 Å². The second-order valence-electron chi connectivity index (χ2n) is 8.52. The molecule has 0 aromatic heterocycles. The fourth-order valence-electron chi connectivity index (χ4n) is 4.09. The van der Waals surface area contributed by atoms with Gasteiger partial charge in [-0.25, -0.2) is 0 Å². The molecule has 148 valence electrons. The average Bonchev–Trinajstić information content (AvgIpc) is 2.99. The summed E-state index contributed by atoms with van der Waals surface area (Å²) in [5.41, 5.74) is 2.36. The van der Waals surface area contributed by atoms with E-state index in [0.29, 0.717) is 18.6 Å². The number of nitrogens with one attached hydrogen (secondary N) is 1. The van der Waals surface area contributed by atoms with E-state index in [1.165, 1.54) is 5.56 Å². The lowest BCUT2D eigenvalue weighted by molar-refractivity contribution is -0.124. The van der Waals surface area contributed by atoms with Gasteiger partial charge in [-0.1, -0.05) is 36.4 Å². The SMILES string of the molecule is CC1(C)Cc2cccc(OCC(=O)NCC3(O)CCc4ccccc4C3)c2O1. The first-order chi connectivity index (χ1) is 13.3. The van der Waals surface area contributed by atoms with Crippen LogP contribution in [0, 0.1) is 0 Å². The summed E-state index contributed by atoms with van der Waals surface area (Å²) in [6.07, 6.45) is 2.84. The number of carbonyl (C=O) groups is 1. The second kappa shape index (κ2) is 7.13. The lowest BCUT2D eigenvalue weighted by Gasteiger charge is -2.33. The van der Waals surface area contributed by atoms with E-state index in [2.05, 4.69) is 11.4 Å². The van der Waals surface area contributed by atoms with E-state index in [9.17, 15) is 9.90 Å². The minimum Gasteiger partial charge on any atom is -0.483 e. The van der Waals surface area contributed by atoms with Crippen LogP contribution in [-0.4, -0.2) is 35.4 Å². The molecule has 0 saturated carbocycles. The summed E-state index contributed by atoms with van der Waals surface area (Å²) in [7, 11) is 0. The zero-order chi connectivity index (χ0) is 19.8. The van der Waals surface area contributed by atoms with E-state index in [1.807, 2.05) is 50.2 Å². The van der Waals surface area contributed by atoms with Gasteiger partial charge in [0.2, 0.25) is 0 Å². The van der Waals surface area contributed by atoms with Crippen molar-refractivity contribution in [1.29, 1.82) is 0 Å². The summed E-state index contributed by atoms with van der Waals surface area (Å²) >= 11 is 0. The number of benzene rings is 2. The van der Waals surface area contributed by atoms with Crippen molar-refractivity contribution in [2.75, 3.05) is 13.2 Å². The first-order valence-electron chi connectivity index (χ1n) is 9.83. The van der Waals surface area contributed by atoms with Crippen molar-refractivity contribution < 1.29 is 19.4 Å². The molecule has 2 aromatic rings. The van der Waals surface area contributed by atoms with Gasteiger partial charge in [-0.05, 0) is 43.9 Å². The Labute approximate surface area is 165 Å². The number of aliphatic hydroxyl groups is 1. The van der Waals surface area contributed by atoms with Crippen LogP contribution in [0.25, 0.3) is 0 Å². The van der Waals surface area contributed by atoms with E-state index >= 15 is 0 Å². The lowest BCUT2D eigenvalue weighted by atomic mass is 9.80. The first-order valence-corrected chi connectivity index (χ1v) is 9.83.